The summed E-state index contributed by atoms with van der Waals surface area (Å²) in [6.07, 6.45) is 0. The Morgan fingerprint density at radius 2 is 1.57 bits per heavy atom. The van der Waals surface area contributed by atoms with Crippen LogP contribution < -0.4 is 5.32 Å². The third-order valence-corrected chi connectivity index (χ3v) is 6.21. The first-order valence-electron chi connectivity index (χ1n) is 12.7. The number of nitrogens with zero attached hydrogens (tertiary/aromatic N) is 3. The summed E-state index contributed by atoms with van der Waals surface area (Å²) >= 11 is 0. The fourth-order valence-corrected chi connectivity index (χ4v) is 3.82. The molecule has 198 valence electrons. The van der Waals surface area contributed by atoms with Gasteiger partial charge < -0.3 is 15.0 Å². The first-order valence-corrected chi connectivity index (χ1v) is 12.7. The summed E-state index contributed by atoms with van der Waals surface area (Å²) in [6.45, 7) is 15.2. The molecule has 0 aliphatic carbocycles. The molecule has 7 nitrogen and oxygen atoms in total. The van der Waals surface area contributed by atoms with E-state index in [1.165, 1.54) is 4.90 Å². The number of benzene rings is 2. The van der Waals surface area contributed by atoms with Gasteiger partial charge in [0.2, 0.25) is 5.91 Å². The molecule has 7 heteroatoms. The molecule has 0 bridgehead atoms. The highest BCUT2D eigenvalue weighted by molar-refractivity contribution is 5.99. The Labute approximate surface area is 220 Å². The molecule has 0 spiro atoms. The third kappa shape index (κ3) is 7.29. The highest BCUT2D eigenvalue weighted by atomic mass is 16.5. The first kappa shape index (κ1) is 28.1. The average molecular weight is 505 g/mol. The largest absolute Gasteiger partial charge is 0.383 e. The Hall–Kier alpha value is -3.45. The van der Waals surface area contributed by atoms with Crippen molar-refractivity contribution in [2.45, 2.75) is 59.3 Å². The number of hydrogen-bond acceptors (Lipinski definition) is 4. The minimum Gasteiger partial charge on any atom is -0.383 e. The second-order valence-corrected chi connectivity index (χ2v) is 11.5. The van der Waals surface area contributed by atoms with Gasteiger partial charge in [-0.15, -0.1) is 0 Å². The number of rotatable bonds is 8. The van der Waals surface area contributed by atoms with Crippen LogP contribution >= 0.6 is 0 Å². The van der Waals surface area contributed by atoms with Crippen LogP contribution in [-0.4, -0.2) is 53.3 Å². The highest BCUT2D eigenvalue weighted by Crippen LogP contribution is 2.27. The normalized spacial score (nSPS) is 11.9. The van der Waals surface area contributed by atoms with Gasteiger partial charge in [0.1, 0.15) is 12.4 Å². The molecule has 0 radical (unpaired) electrons. The fraction of sp³-hybridized carbons (Fsp3) is 0.433. The zero-order valence-electron chi connectivity index (χ0n) is 23.4. The number of carbonyl (C=O) groups is 2. The van der Waals surface area contributed by atoms with Crippen molar-refractivity contribution in [1.82, 2.24) is 14.7 Å². The molecule has 0 saturated heterocycles. The lowest BCUT2D eigenvalue weighted by Crippen LogP contribution is -2.40. The van der Waals surface area contributed by atoms with Gasteiger partial charge in [-0.25, -0.2) is 4.68 Å². The Morgan fingerprint density at radius 1 is 0.946 bits per heavy atom. The van der Waals surface area contributed by atoms with E-state index in [-0.39, 0.29) is 29.2 Å². The van der Waals surface area contributed by atoms with E-state index < -0.39 is 0 Å². The summed E-state index contributed by atoms with van der Waals surface area (Å²) in [4.78, 5) is 28.1. The third-order valence-electron chi connectivity index (χ3n) is 6.21. The monoisotopic (exact) mass is 504 g/mol. The Kier molecular flexibility index (Phi) is 8.59. The average Bonchev–Trinajstić information content (AvgIpc) is 3.25. The molecule has 1 heterocycles. The molecule has 2 aromatic carbocycles. The summed E-state index contributed by atoms with van der Waals surface area (Å²) in [5.41, 5.74) is 4.32. The molecule has 0 atom stereocenters. The number of nitrogens with one attached hydrogen (secondary N) is 1. The van der Waals surface area contributed by atoms with Gasteiger partial charge in [-0.3, -0.25) is 9.59 Å². The van der Waals surface area contributed by atoms with E-state index in [1.807, 2.05) is 61.5 Å². The molecule has 3 aromatic rings. The number of hydrogen-bond donors (Lipinski definition) is 1. The minimum atomic E-state index is -0.301. The van der Waals surface area contributed by atoms with E-state index in [0.29, 0.717) is 24.5 Å². The van der Waals surface area contributed by atoms with Gasteiger partial charge in [0, 0.05) is 30.7 Å². The van der Waals surface area contributed by atoms with Crippen molar-refractivity contribution in [3.05, 3.63) is 77.0 Å². The number of aromatic nitrogens is 2. The topological polar surface area (TPSA) is 76.5 Å². The molecular weight excluding hydrogens is 464 g/mol. The zero-order chi connectivity index (χ0) is 27.4. The van der Waals surface area contributed by atoms with E-state index in [2.05, 4.69) is 46.9 Å². The lowest BCUT2D eigenvalue weighted by atomic mass is 9.86. The smallest absolute Gasteiger partial charge is 0.254 e. The van der Waals surface area contributed by atoms with Crippen molar-refractivity contribution in [3.8, 4) is 5.69 Å². The molecule has 1 N–H and O–H groups in total. The van der Waals surface area contributed by atoms with Crippen molar-refractivity contribution in [1.29, 1.82) is 0 Å². The lowest BCUT2D eigenvalue weighted by molar-refractivity contribution is -0.117. The maximum absolute atomic E-state index is 13.3. The van der Waals surface area contributed by atoms with Crippen LogP contribution in [0.1, 0.15) is 68.7 Å². The Morgan fingerprint density at radius 3 is 2.11 bits per heavy atom. The lowest BCUT2D eigenvalue weighted by Gasteiger charge is -2.23. The van der Waals surface area contributed by atoms with Crippen molar-refractivity contribution in [3.63, 3.8) is 0 Å². The first-order chi connectivity index (χ1) is 17.3. The van der Waals surface area contributed by atoms with Crippen LogP contribution in [0.15, 0.2) is 54.6 Å². The van der Waals surface area contributed by atoms with Crippen LogP contribution in [0.5, 0.6) is 0 Å². The minimum absolute atomic E-state index is 0.0104. The number of methoxy groups -OCH3 is 1. The van der Waals surface area contributed by atoms with Crippen molar-refractivity contribution < 1.29 is 14.3 Å². The molecule has 0 aliphatic rings. The summed E-state index contributed by atoms with van der Waals surface area (Å²) in [6, 6.07) is 17.4. The standard InChI is InChI=1S/C30H40N4O3/c1-21-9-15-24(16-10-21)34-26(19-25(32-34)30(5,6)7)31-27(35)20-33(17-18-37-8)28(36)22-11-13-23(14-12-22)29(2,3)4/h9-16,19H,17-18,20H2,1-8H3,(H,31,35). The molecule has 3 rings (SSSR count). The molecule has 37 heavy (non-hydrogen) atoms. The van der Waals surface area contributed by atoms with Crippen LogP contribution in [0.25, 0.3) is 5.69 Å². The van der Waals surface area contributed by atoms with Crippen molar-refractivity contribution >= 4 is 17.6 Å². The van der Waals surface area contributed by atoms with Gasteiger partial charge in [-0.05, 0) is 42.2 Å². The van der Waals surface area contributed by atoms with E-state index in [1.54, 1.807) is 11.8 Å². The van der Waals surface area contributed by atoms with Crippen molar-refractivity contribution in [2.75, 3.05) is 32.1 Å². The van der Waals surface area contributed by atoms with Gasteiger partial charge in [0.05, 0.1) is 18.0 Å². The quantitative estimate of drug-likeness (QED) is 0.439. The second-order valence-electron chi connectivity index (χ2n) is 11.5. The molecule has 0 aliphatic heterocycles. The summed E-state index contributed by atoms with van der Waals surface area (Å²) in [7, 11) is 1.58. The molecule has 0 saturated carbocycles. The maximum Gasteiger partial charge on any atom is 0.254 e. The number of anilines is 1. The highest BCUT2D eigenvalue weighted by Gasteiger charge is 2.24. The van der Waals surface area contributed by atoms with E-state index in [9.17, 15) is 9.59 Å². The van der Waals surface area contributed by atoms with Crippen molar-refractivity contribution in [2.24, 2.45) is 0 Å². The van der Waals surface area contributed by atoms with Crippen LogP contribution in [0, 0.1) is 6.92 Å². The van der Waals surface area contributed by atoms with Gasteiger partial charge in [0.25, 0.3) is 5.91 Å². The van der Waals surface area contributed by atoms with Gasteiger partial charge in [-0.2, -0.15) is 5.10 Å². The van der Waals surface area contributed by atoms with Gasteiger partial charge in [0.15, 0.2) is 0 Å². The molecule has 2 amide bonds. The summed E-state index contributed by atoms with van der Waals surface area (Å²) in [5, 5.41) is 7.76. The van der Waals surface area contributed by atoms with Crippen LogP contribution in [-0.2, 0) is 20.4 Å². The van der Waals surface area contributed by atoms with Crippen LogP contribution in [0.2, 0.25) is 0 Å². The van der Waals surface area contributed by atoms with E-state index in [4.69, 9.17) is 9.84 Å². The predicted molar refractivity (Wildman–Crippen MR) is 149 cm³/mol. The predicted octanol–water partition coefficient (Wildman–Crippen LogP) is 5.50. The van der Waals surface area contributed by atoms with Crippen LogP contribution in [0.3, 0.4) is 0 Å². The Bertz CT molecular complexity index is 1210. The number of amides is 2. The van der Waals surface area contributed by atoms with Gasteiger partial charge >= 0.3 is 0 Å². The SMILES string of the molecule is COCCN(CC(=O)Nc1cc(C(C)(C)C)nn1-c1ccc(C)cc1)C(=O)c1ccc(C(C)(C)C)cc1. The number of carbonyl (C=O) groups excluding carboxylic acids is 2. The molecule has 0 fully saturated rings. The Balaban J connectivity index is 1.84. The summed E-state index contributed by atoms with van der Waals surface area (Å²) in [5.74, 6) is 0.0482. The van der Waals surface area contributed by atoms with E-state index >= 15 is 0 Å². The number of aryl methyl sites for hydroxylation is 1. The zero-order valence-corrected chi connectivity index (χ0v) is 23.4. The van der Waals surface area contributed by atoms with E-state index in [0.717, 1.165) is 22.5 Å². The molecular formula is C30H40N4O3. The van der Waals surface area contributed by atoms with Crippen LogP contribution in [0.4, 0.5) is 5.82 Å². The molecule has 0 unspecified atom stereocenters. The second kappa shape index (κ2) is 11.3. The molecule has 1 aromatic heterocycles. The maximum atomic E-state index is 13.3. The fourth-order valence-electron chi connectivity index (χ4n) is 3.82. The number of ether oxygens (including phenoxy) is 1. The van der Waals surface area contributed by atoms with Gasteiger partial charge in [-0.1, -0.05) is 71.4 Å². The summed E-state index contributed by atoms with van der Waals surface area (Å²) < 4.78 is 6.95.